The largest absolute Gasteiger partial charge is 0.394 e. The lowest BCUT2D eigenvalue weighted by Crippen LogP contribution is -2.64. The Morgan fingerprint density at radius 1 is 0.629 bits per heavy atom. The molecular formula is C24H46O10S. The van der Waals surface area contributed by atoms with E-state index in [2.05, 4.69) is 6.92 Å². The average molecular weight is 527 g/mol. The molecule has 0 aliphatic carbocycles. The second-order valence-corrected chi connectivity index (χ2v) is 10.8. The molecular weight excluding hydrogens is 480 g/mol. The van der Waals surface area contributed by atoms with E-state index in [1.54, 1.807) is 0 Å². The maximum atomic E-state index is 10.7. The van der Waals surface area contributed by atoms with Gasteiger partial charge in [-0.05, 0) is 12.2 Å². The van der Waals surface area contributed by atoms with Crippen LogP contribution in [0.2, 0.25) is 0 Å². The summed E-state index contributed by atoms with van der Waals surface area (Å²) in [5.41, 5.74) is -0.754. The fourth-order valence-electron chi connectivity index (χ4n) is 4.48. The van der Waals surface area contributed by atoms with Crippen LogP contribution in [-0.4, -0.2) is 115 Å². The summed E-state index contributed by atoms with van der Waals surface area (Å²) in [7, 11) is 0. The lowest BCUT2D eigenvalue weighted by molar-refractivity contribution is -0.338. The molecule has 0 aromatic carbocycles. The molecule has 2 aliphatic heterocycles. The minimum atomic E-state index is -1.67. The van der Waals surface area contributed by atoms with Crippen molar-refractivity contribution in [2.75, 3.05) is 19.0 Å². The third-order valence-corrected chi connectivity index (χ3v) is 7.98. The Balaban J connectivity index is 1.74. The third kappa shape index (κ3) is 9.33. The van der Waals surface area contributed by atoms with Gasteiger partial charge in [0.25, 0.3) is 0 Å². The van der Waals surface area contributed by atoms with Gasteiger partial charge in [0.1, 0.15) is 54.3 Å². The predicted octanol–water partition coefficient (Wildman–Crippen LogP) is 0.265. The van der Waals surface area contributed by atoms with Gasteiger partial charge in [-0.3, -0.25) is 0 Å². The van der Waals surface area contributed by atoms with Crippen molar-refractivity contribution in [3.63, 3.8) is 0 Å². The lowest BCUT2D eigenvalue weighted by Gasteiger charge is -2.46. The molecule has 0 aromatic rings. The number of aliphatic hydroxyl groups excluding tert-OH is 7. The van der Waals surface area contributed by atoms with Gasteiger partial charge in [0.15, 0.2) is 6.29 Å². The van der Waals surface area contributed by atoms with E-state index in [-0.39, 0.29) is 0 Å². The number of thioether (sulfide) groups is 1. The lowest BCUT2D eigenvalue weighted by atomic mass is 9.97. The van der Waals surface area contributed by atoms with Crippen molar-refractivity contribution >= 4 is 11.8 Å². The molecule has 2 heterocycles. The summed E-state index contributed by atoms with van der Waals surface area (Å²) < 4.78 is 16.7. The molecule has 0 spiro atoms. The van der Waals surface area contributed by atoms with Crippen LogP contribution in [0.1, 0.15) is 71.1 Å². The Bertz CT molecular complexity index is 554. The first-order chi connectivity index (χ1) is 16.8. The molecule has 11 heteroatoms. The Morgan fingerprint density at radius 3 is 1.77 bits per heavy atom. The molecule has 0 bridgehead atoms. The van der Waals surface area contributed by atoms with Crippen LogP contribution in [0.5, 0.6) is 0 Å². The molecule has 2 fully saturated rings. The molecule has 0 aromatic heterocycles. The smallest absolute Gasteiger partial charge is 0.187 e. The molecule has 208 valence electrons. The van der Waals surface area contributed by atoms with E-state index in [0.29, 0.717) is 0 Å². The Morgan fingerprint density at radius 2 is 1.20 bits per heavy atom. The number of aliphatic hydroxyl groups is 7. The molecule has 2 rings (SSSR count). The SMILES string of the molecule is CCCCCCCCCCCCS[C@@H]1O[C@H](CO)[C@@H](O[C@@H]2O[C@H](CO)[C@H](O)[C@H](O)[C@H]2O)[C@H](O)[C@H]1O. The quantitative estimate of drug-likeness (QED) is 0.138. The summed E-state index contributed by atoms with van der Waals surface area (Å²) in [6.07, 6.45) is -0.352. The van der Waals surface area contributed by atoms with Crippen LogP contribution in [0, 0.1) is 0 Å². The van der Waals surface area contributed by atoms with E-state index in [0.717, 1.165) is 18.6 Å². The van der Waals surface area contributed by atoms with Gasteiger partial charge in [0.2, 0.25) is 0 Å². The first kappa shape index (κ1) is 31.2. The van der Waals surface area contributed by atoms with Gasteiger partial charge >= 0.3 is 0 Å². The summed E-state index contributed by atoms with van der Waals surface area (Å²) in [4.78, 5) is 0. The van der Waals surface area contributed by atoms with Gasteiger partial charge in [-0.15, -0.1) is 11.8 Å². The van der Waals surface area contributed by atoms with Gasteiger partial charge in [-0.1, -0.05) is 64.7 Å². The fraction of sp³-hybridized carbons (Fsp3) is 1.00. The Hall–Kier alpha value is -0.0500. The standard InChI is InChI=1S/C24H46O10S/c1-2-3-4-5-6-7-8-9-10-11-12-35-24-21(31)19(29)22(16(14-26)33-24)34-23-20(30)18(28)17(27)15(13-25)32-23/h15-31H,2-14H2,1H3/t15-,16-,17+,18+,19-,20-,21-,22-,23+,24+/m1/s1. The number of ether oxygens (including phenoxy) is 3. The van der Waals surface area contributed by atoms with Crippen LogP contribution >= 0.6 is 11.8 Å². The molecule has 10 nitrogen and oxygen atoms in total. The highest BCUT2D eigenvalue weighted by Gasteiger charge is 2.50. The summed E-state index contributed by atoms with van der Waals surface area (Å²) in [5.74, 6) is 0.737. The zero-order valence-corrected chi connectivity index (χ0v) is 21.5. The van der Waals surface area contributed by atoms with Crippen LogP contribution in [0.25, 0.3) is 0 Å². The number of hydrogen-bond acceptors (Lipinski definition) is 11. The van der Waals surface area contributed by atoms with Crippen LogP contribution in [0.15, 0.2) is 0 Å². The topological polar surface area (TPSA) is 169 Å². The van der Waals surface area contributed by atoms with E-state index in [4.69, 9.17) is 14.2 Å². The van der Waals surface area contributed by atoms with E-state index in [1.165, 1.54) is 63.1 Å². The fourth-order valence-corrected chi connectivity index (χ4v) is 5.66. The van der Waals surface area contributed by atoms with Crippen molar-refractivity contribution in [3.8, 4) is 0 Å². The molecule has 0 amide bonds. The van der Waals surface area contributed by atoms with Crippen molar-refractivity contribution < 1.29 is 50.0 Å². The first-order valence-electron chi connectivity index (χ1n) is 13.1. The minimum absolute atomic E-state index is 0.513. The molecule has 0 unspecified atom stereocenters. The van der Waals surface area contributed by atoms with E-state index in [1.807, 2.05) is 0 Å². The normalized spacial score (nSPS) is 38.1. The van der Waals surface area contributed by atoms with Crippen molar-refractivity contribution in [1.82, 2.24) is 0 Å². The maximum absolute atomic E-state index is 10.7. The Kier molecular flexibility index (Phi) is 14.9. The summed E-state index contributed by atoms with van der Waals surface area (Å²) in [5, 5.41) is 70.4. The molecule has 2 saturated heterocycles. The third-order valence-electron chi connectivity index (χ3n) is 6.74. The zero-order valence-electron chi connectivity index (χ0n) is 20.7. The van der Waals surface area contributed by atoms with Gasteiger partial charge in [-0.2, -0.15) is 0 Å². The number of rotatable bonds is 16. The second kappa shape index (κ2) is 16.7. The van der Waals surface area contributed by atoms with Crippen LogP contribution in [0.4, 0.5) is 0 Å². The van der Waals surface area contributed by atoms with Gasteiger partial charge < -0.3 is 50.0 Å². The number of unbranched alkanes of at least 4 members (excludes halogenated alkanes) is 9. The molecule has 10 atom stereocenters. The molecule has 2 aliphatic rings. The molecule has 35 heavy (non-hydrogen) atoms. The van der Waals surface area contributed by atoms with Gasteiger partial charge in [0, 0.05) is 0 Å². The Labute approximate surface area is 212 Å². The van der Waals surface area contributed by atoms with Crippen molar-refractivity contribution in [3.05, 3.63) is 0 Å². The van der Waals surface area contributed by atoms with Crippen molar-refractivity contribution in [1.29, 1.82) is 0 Å². The summed E-state index contributed by atoms with van der Waals surface area (Å²) in [6, 6.07) is 0. The van der Waals surface area contributed by atoms with Crippen LogP contribution in [-0.2, 0) is 14.2 Å². The van der Waals surface area contributed by atoms with Crippen molar-refractivity contribution in [2.45, 2.75) is 132 Å². The monoisotopic (exact) mass is 526 g/mol. The molecule has 7 N–H and O–H groups in total. The first-order valence-corrected chi connectivity index (χ1v) is 14.1. The highest BCUT2D eigenvalue weighted by molar-refractivity contribution is 7.99. The predicted molar refractivity (Wildman–Crippen MR) is 131 cm³/mol. The minimum Gasteiger partial charge on any atom is -0.394 e. The molecule has 0 radical (unpaired) electrons. The van der Waals surface area contributed by atoms with E-state index in [9.17, 15) is 35.7 Å². The second-order valence-electron chi connectivity index (χ2n) is 9.56. The van der Waals surface area contributed by atoms with Gasteiger partial charge in [-0.25, -0.2) is 0 Å². The number of hydrogen-bond donors (Lipinski definition) is 7. The van der Waals surface area contributed by atoms with Crippen LogP contribution < -0.4 is 0 Å². The van der Waals surface area contributed by atoms with E-state index >= 15 is 0 Å². The van der Waals surface area contributed by atoms with Crippen molar-refractivity contribution in [2.24, 2.45) is 0 Å². The molecule has 0 saturated carbocycles. The van der Waals surface area contributed by atoms with E-state index < -0.39 is 73.8 Å². The highest BCUT2D eigenvalue weighted by atomic mass is 32.2. The zero-order chi connectivity index (χ0) is 25.8. The summed E-state index contributed by atoms with van der Waals surface area (Å²) >= 11 is 1.37. The maximum Gasteiger partial charge on any atom is 0.187 e. The average Bonchev–Trinajstić information content (AvgIpc) is 2.86. The van der Waals surface area contributed by atoms with Crippen LogP contribution in [0.3, 0.4) is 0 Å². The van der Waals surface area contributed by atoms with Gasteiger partial charge in [0.05, 0.1) is 13.2 Å². The highest BCUT2D eigenvalue weighted by Crippen LogP contribution is 2.33. The summed E-state index contributed by atoms with van der Waals surface area (Å²) in [6.45, 7) is 1.08.